The molecule has 2 aromatic heterocycles. The molecule has 1 radical (unpaired) electrons. The molecule has 0 fully saturated rings. The van der Waals surface area contributed by atoms with Crippen molar-refractivity contribution in [2.24, 2.45) is 0 Å². The average molecular weight is 1220 g/mol. The zero-order valence-corrected chi connectivity index (χ0v) is 39.6. The smallest absolute Gasteiger partial charge is 0.251 e. The largest absolute Gasteiger partial charge is 0.416 e. The van der Waals surface area contributed by atoms with Gasteiger partial charge in [0.25, 0.3) is 0 Å². The number of aromatic nitrogens is 4. The van der Waals surface area contributed by atoms with Crippen molar-refractivity contribution < 1.29 is 125 Å². The molecule has 0 atom stereocenters. The van der Waals surface area contributed by atoms with E-state index < -0.39 is 195 Å². The van der Waals surface area contributed by atoms with Gasteiger partial charge in [0.05, 0.1) is 44.5 Å². The standard InChI is InChI=1S/C32H12BF24.C8H12.C7H8N4.Rh/c34-25(35,36)13-1-14(26(37,38)39)6-21(5-13)33(22-7-15(27(40,41)42)2-16(8-22)28(43,44)45,23-9-17(29(46,47)48)3-18(10-23)30(49,50)51)24-11-19(31(52,53)54)4-20(12-24)32(55,56)57;1-2-4-6-8-7-5-3-1;1-3-8-10(5-1)7-11-6-2-4-9-11;/h1-12H;1-2,7-8H,3-6H2;1-6H,7H2;/q-1;;;/b;2-1-,8-7-;;. The van der Waals surface area contributed by atoms with E-state index in [-0.39, 0.29) is 19.5 Å². The van der Waals surface area contributed by atoms with Crippen LogP contribution in [0.3, 0.4) is 0 Å². The molecule has 0 unspecified atom stereocenters. The molecule has 0 amide bonds. The molecule has 4 nitrogen and oxygen atoms in total. The van der Waals surface area contributed by atoms with Crippen LogP contribution in [0.2, 0.25) is 0 Å². The van der Waals surface area contributed by atoms with Crippen LogP contribution in [-0.2, 0) is 75.6 Å². The topological polar surface area (TPSA) is 35.6 Å². The maximum atomic E-state index is 14.2. The molecule has 77 heavy (non-hydrogen) atoms. The summed E-state index contributed by atoms with van der Waals surface area (Å²) in [6.45, 7) is 0.681. The Kier molecular flexibility index (Phi) is 19.2. The zero-order valence-electron chi connectivity index (χ0n) is 38.0. The van der Waals surface area contributed by atoms with Crippen LogP contribution < -0.4 is 21.9 Å². The summed E-state index contributed by atoms with van der Waals surface area (Å²) in [4.78, 5) is 0. The second-order valence-electron chi connectivity index (χ2n) is 16.6. The summed E-state index contributed by atoms with van der Waals surface area (Å²) in [5, 5.41) is 8.09. The van der Waals surface area contributed by atoms with E-state index in [0.29, 0.717) is 6.67 Å². The van der Waals surface area contributed by atoms with Gasteiger partial charge in [-0.3, -0.25) is 9.36 Å². The number of allylic oxidation sites excluding steroid dienone is 4. The summed E-state index contributed by atoms with van der Waals surface area (Å²) in [5.74, 6) is 0. The summed E-state index contributed by atoms with van der Waals surface area (Å²) in [6, 6.07) is -5.03. The van der Waals surface area contributed by atoms with Crippen molar-refractivity contribution in [3.05, 3.63) is 179 Å². The van der Waals surface area contributed by atoms with Crippen molar-refractivity contribution in [2.45, 2.75) is 81.8 Å². The molecule has 6 aromatic rings. The van der Waals surface area contributed by atoms with Gasteiger partial charge < -0.3 is 0 Å². The monoisotopic (exact) mass is 1220 g/mol. The fraction of sp³-hybridized carbons (Fsp3) is 0.277. The minimum atomic E-state index is -6.13. The van der Waals surface area contributed by atoms with Crippen molar-refractivity contribution >= 4 is 28.0 Å². The third-order valence-electron chi connectivity index (χ3n) is 11.2. The van der Waals surface area contributed by atoms with Gasteiger partial charge in [-0.15, -0.1) is 0 Å². The van der Waals surface area contributed by atoms with E-state index in [9.17, 15) is 105 Å². The minimum absolute atomic E-state index is 0. The summed E-state index contributed by atoms with van der Waals surface area (Å²) >= 11 is 0. The predicted molar refractivity (Wildman–Crippen MR) is 227 cm³/mol. The Morgan fingerprint density at radius 1 is 0.312 bits per heavy atom. The van der Waals surface area contributed by atoms with E-state index >= 15 is 0 Å². The van der Waals surface area contributed by atoms with Crippen LogP contribution in [0, 0.1) is 0 Å². The van der Waals surface area contributed by atoms with Crippen LogP contribution in [0.4, 0.5) is 105 Å². The molecule has 0 aliphatic heterocycles. The van der Waals surface area contributed by atoms with Crippen molar-refractivity contribution in [3.63, 3.8) is 0 Å². The molecule has 421 valence electrons. The summed E-state index contributed by atoms with van der Waals surface area (Å²) in [5.41, 5.74) is -30.2. The van der Waals surface area contributed by atoms with Crippen LogP contribution in [0.25, 0.3) is 0 Å². The third-order valence-corrected chi connectivity index (χ3v) is 11.2. The Morgan fingerprint density at radius 3 is 0.636 bits per heavy atom. The maximum Gasteiger partial charge on any atom is 0.416 e. The van der Waals surface area contributed by atoms with Crippen LogP contribution in [0.5, 0.6) is 0 Å². The molecule has 1 aliphatic rings. The number of benzene rings is 4. The van der Waals surface area contributed by atoms with Crippen molar-refractivity contribution in [2.75, 3.05) is 0 Å². The Hall–Kier alpha value is -6.21. The quantitative estimate of drug-likeness (QED) is 0.0946. The maximum absolute atomic E-state index is 14.2. The number of rotatable bonds is 6. The Morgan fingerprint density at radius 2 is 0.494 bits per heavy atom. The zero-order chi connectivity index (χ0) is 57.1. The van der Waals surface area contributed by atoms with Gasteiger partial charge >= 0.3 is 49.4 Å². The Bertz CT molecular complexity index is 2460. The van der Waals surface area contributed by atoms with Gasteiger partial charge in [0.2, 0.25) is 0 Å². The first-order chi connectivity index (χ1) is 34.7. The normalized spacial score (nSPS) is 15.0. The second-order valence-corrected chi connectivity index (χ2v) is 16.6. The molecular weight excluding hydrogens is 1190 g/mol. The molecule has 4 aromatic carbocycles. The SMILES string of the molecule is C1=C\CC/C=C\CC/1.FC(F)(F)c1cc([B-](c2cc(C(F)(F)F)cc(C(F)(F)F)c2)(c2cc(C(F)(F)F)cc(C(F)(F)F)c2)c2cc(C(F)(F)F)cc(C(F)(F)F)c2)cc(C(F)(F)F)c1.[Rh].c1cnn(Cn2cccn2)c1. The Balaban J connectivity index is 0.000000528. The number of hydrogen-bond acceptors (Lipinski definition) is 2. The van der Waals surface area contributed by atoms with Crippen LogP contribution in [-0.4, -0.2) is 25.7 Å². The van der Waals surface area contributed by atoms with E-state index in [1.807, 2.05) is 33.9 Å². The van der Waals surface area contributed by atoms with Gasteiger partial charge in [0.15, 0.2) is 0 Å². The fourth-order valence-corrected chi connectivity index (χ4v) is 7.84. The predicted octanol–water partition coefficient (Wildman–Crippen LogP) is 14.5. The van der Waals surface area contributed by atoms with Gasteiger partial charge in [0, 0.05) is 44.3 Å². The summed E-state index contributed by atoms with van der Waals surface area (Å²) < 4.78 is 344. The van der Waals surface area contributed by atoms with Gasteiger partial charge in [0.1, 0.15) is 12.8 Å². The summed E-state index contributed by atoms with van der Waals surface area (Å²) in [6.07, 6.45) is -33.5. The number of nitrogens with zero attached hydrogens (tertiary/aromatic N) is 4. The van der Waals surface area contributed by atoms with Crippen LogP contribution in [0.1, 0.15) is 70.2 Å². The molecule has 7 rings (SSSR count). The van der Waals surface area contributed by atoms with E-state index in [1.165, 1.54) is 25.7 Å². The van der Waals surface area contributed by atoms with E-state index in [0.717, 1.165) is 0 Å². The van der Waals surface area contributed by atoms with E-state index in [1.54, 1.807) is 12.4 Å². The molecule has 30 heteroatoms. The van der Waals surface area contributed by atoms with E-state index in [4.69, 9.17) is 0 Å². The summed E-state index contributed by atoms with van der Waals surface area (Å²) in [7, 11) is 0. The molecule has 0 N–H and O–H groups in total. The van der Waals surface area contributed by atoms with Gasteiger partial charge in [-0.05, 0) is 62.1 Å². The van der Waals surface area contributed by atoms with Gasteiger partial charge in [-0.1, -0.05) is 72.8 Å². The molecular formula is C47H32BF24N4Rh-. The minimum Gasteiger partial charge on any atom is -0.251 e. The molecule has 0 spiro atoms. The average Bonchev–Trinajstić information content (AvgIpc) is 4.00. The third kappa shape index (κ3) is 16.4. The molecule has 2 heterocycles. The molecule has 0 saturated heterocycles. The number of alkyl halides is 24. The van der Waals surface area contributed by atoms with Crippen LogP contribution in [0.15, 0.2) is 134 Å². The van der Waals surface area contributed by atoms with E-state index in [2.05, 4.69) is 34.5 Å². The first kappa shape index (κ1) is 63.3. The van der Waals surface area contributed by atoms with Crippen molar-refractivity contribution in [3.8, 4) is 0 Å². The first-order valence-corrected chi connectivity index (χ1v) is 21.3. The number of halogens is 24. The van der Waals surface area contributed by atoms with Crippen molar-refractivity contribution in [1.82, 2.24) is 19.6 Å². The molecule has 0 bridgehead atoms. The van der Waals surface area contributed by atoms with Crippen LogP contribution >= 0.6 is 0 Å². The molecule has 0 saturated carbocycles. The first-order valence-electron chi connectivity index (χ1n) is 21.3. The number of hydrogen-bond donors (Lipinski definition) is 0. The fourth-order valence-electron chi connectivity index (χ4n) is 7.84. The Labute approximate surface area is 431 Å². The molecule has 1 aliphatic carbocycles. The van der Waals surface area contributed by atoms with Crippen molar-refractivity contribution in [1.29, 1.82) is 0 Å². The van der Waals surface area contributed by atoms with Gasteiger partial charge in [-0.25, -0.2) is 0 Å². The van der Waals surface area contributed by atoms with Gasteiger partial charge in [-0.2, -0.15) is 137 Å². The second kappa shape index (κ2) is 23.4.